The van der Waals surface area contributed by atoms with Gasteiger partial charge in [-0.2, -0.15) is 0 Å². The average Bonchev–Trinajstić information content (AvgIpc) is 2.60. The normalized spacial score (nSPS) is 15.8. The highest BCUT2D eigenvalue weighted by Crippen LogP contribution is 2.28. The molecule has 0 atom stereocenters. The summed E-state index contributed by atoms with van der Waals surface area (Å²) < 4.78 is 5.75. The van der Waals surface area contributed by atoms with Crippen molar-refractivity contribution in [3.05, 3.63) is 24.3 Å². The van der Waals surface area contributed by atoms with Gasteiger partial charge < -0.3 is 9.64 Å². The molecule has 1 aliphatic heterocycles. The fraction of sp³-hybridized carbons (Fsp3) is 0.714. The molecule has 0 unspecified atom stereocenters. The van der Waals surface area contributed by atoms with Gasteiger partial charge in [0.1, 0.15) is 5.75 Å². The van der Waals surface area contributed by atoms with Crippen molar-refractivity contribution in [2.45, 2.75) is 71.6 Å². The lowest BCUT2D eigenvalue weighted by Gasteiger charge is -2.33. The van der Waals surface area contributed by atoms with E-state index in [1.165, 1.54) is 70.1 Å². The lowest BCUT2D eigenvalue weighted by Crippen LogP contribution is -2.33. The molecule has 2 nitrogen and oxygen atoms in total. The molecule has 0 amide bonds. The molecular weight excluding hydrogens is 282 g/mol. The summed E-state index contributed by atoms with van der Waals surface area (Å²) in [6.07, 6.45) is 12.1. The van der Waals surface area contributed by atoms with Gasteiger partial charge in [0.15, 0.2) is 0 Å². The van der Waals surface area contributed by atoms with Crippen LogP contribution in [0.4, 0.5) is 5.69 Å². The zero-order chi connectivity index (χ0) is 16.3. The summed E-state index contributed by atoms with van der Waals surface area (Å²) in [7, 11) is 0. The molecule has 130 valence electrons. The largest absolute Gasteiger partial charge is 0.494 e. The van der Waals surface area contributed by atoms with E-state index in [-0.39, 0.29) is 0 Å². The maximum atomic E-state index is 5.75. The number of ether oxygens (including phenoxy) is 1. The standard InChI is InChI=1S/C21H35NO/c1-3-5-7-8-9-19-14-16-22(17-15-19)20-10-12-21(13-11-20)23-18-6-4-2/h10-13,19H,3-9,14-18H2,1-2H3. The number of hydrogen-bond donors (Lipinski definition) is 0. The van der Waals surface area contributed by atoms with Gasteiger partial charge >= 0.3 is 0 Å². The molecule has 0 spiro atoms. The molecule has 1 fully saturated rings. The van der Waals surface area contributed by atoms with Gasteiger partial charge in [0.05, 0.1) is 6.61 Å². The number of nitrogens with zero attached hydrogens (tertiary/aromatic N) is 1. The number of piperidine rings is 1. The molecule has 1 heterocycles. The molecule has 0 radical (unpaired) electrons. The van der Waals surface area contributed by atoms with Gasteiger partial charge in [-0.3, -0.25) is 0 Å². The van der Waals surface area contributed by atoms with Crippen LogP contribution in [0.15, 0.2) is 24.3 Å². The minimum absolute atomic E-state index is 0.833. The van der Waals surface area contributed by atoms with Crippen LogP contribution in [0.1, 0.15) is 71.6 Å². The first kappa shape index (κ1) is 18.2. The highest BCUT2D eigenvalue weighted by Gasteiger charge is 2.19. The Morgan fingerprint density at radius 3 is 2.26 bits per heavy atom. The first-order valence-electron chi connectivity index (χ1n) is 9.81. The van der Waals surface area contributed by atoms with E-state index in [0.29, 0.717) is 0 Å². The van der Waals surface area contributed by atoms with Crippen molar-refractivity contribution in [2.24, 2.45) is 5.92 Å². The second-order valence-corrected chi connectivity index (χ2v) is 6.98. The Bertz CT molecular complexity index is 406. The molecular formula is C21H35NO. The van der Waals surface area contributed by atoms with E-state index in [2.05, 4.69) is 43.0 Å². The average molecular weight is 318 g/mol. The van der Waals surface area contributed by atoms with Crippen molar-refractivity contribution in [1.29, 1.82) is 0 Å². The topological polar surface area (TPSA) is 12.5 Å². The minimum atomic E-state index is 0.833. The smallest absolute Gasteiger partial charge is 0.119 e. The Hall–Kier alpha value is -1.18. The van der Waals surface area contributed by atoms with Crippen LogP contribution in [0.3, 0.4) is 0 Å². The van der Waals surface area contributed by atoms with Crippen LogP contribution in [0.25, 0.3) is 0 Å². The van der Waals surface area contributed by atoms with E-state index in [4.69, 9.17) is 4.74 Å². The quantitative estimate of drug-likeness (QED) is 0.487. The minimum Gasteiger partial charge on any atom is -0.494 e. The van der Waals surface area contributed by atoms with Gasteiger partial charge in [-0.25, -0.2) is 0 Å². The van der Waals surface area contributed by atoms with Gasteiger partial charge in [0.25, 0.3) is 0 Å². The summed E-state index contributed by atoms with van der Waals surface area (Å²) in [6, 6.07) is 8.70. The summed E-state index contributed by atoms with van der Waals surface area (Å²) in [5, 5.41) is 0. The zero-order valence-corrected chi connectivity index (χ0v) is 15.2. The Morgan fingerprint density at radius 1 is 0.913 bits per heavy atom. The number of hydrogen-bond acceptors (Lipinski definition) is 2. The molecule has 1 aliphatic rings. The molecule has 1 aromatic rings. The summed E-state index contributed by atoms with van der Waals surface area (Å²) in [6.45, 7) is 7.75. The maximum Gasteiger partial charge on any atom is 0.119 e. The number of rotatable bonds is 10. The Morgan fingerprint density at radius 2 is 1.61 bits per heavy atom. The van der Waals surface area contributed by atoms with Gasteiger partial charge in [0.2, 0.25) is 0 Å². The van der Waals surface area contributed by atoms with E-state index in [0.717, 1.165) is 24.7 Å². The van der Waals surface area contributed by atoms with Crippen LogP contribution in [0, 0.1) is 5.92 Å². The molecule has 0 N–H and O–H groups in total. The molecule has 1 saturated heterocycles. The van der Waals surface area contributed by atoms with E-state index >= 15 is 0 Å². The lowest BCUT2D eigenvalue weighted by molar-refractivity contribution is 0.309. The van der Waals surface area contributed by atoms with Crippen LogP contribution < -0.4 is 9.64 Å². The van der Waals surface area contributed by atoms with Crippen molar-refractivity contribution in [1.82, 2.24) is 0 Å². The second kappa shape index (κ2) is 10.6. The van der Waals surface area contributed by atoms with E-state index in [9.17, 15) is 0 Å². The molecule has 1 aromatic carbocycles. The highest BCUT2D eigenvalue weighted by atomic mass is 16.5. The third kappa shape index (κ3) is 6.45. The summed E-state index contributed by atoms with van der Waals surface area (Å²) in [4.78, 5) is 2.54. The van der Waals surface area contributed by atoms with Crippen molar-refractivity contribution in [3.63, 3.8) is 0 Å². The van der Waals surface area contributed by atoms with Crippen molar-refractivity contribution in [2.75, 3.05) is 24.6 Å². The van der Waals surface area contributed by atoms with Gasteiger partial charge in [-0.15, -0.1) is 0 Å². The predicted octanol–water partition coefficient (Wildman–Crippen LogP) is 6.05. The summed E-state index contributed by atoms with van der Waals surface area (Å²) in [5.74, 6) is 1.97. The Kier molecular flexibility index (Phi) is 8.35. The SMILES string of the molecule is CCCCCCC1CCN(c2ccc(OCCCC)cc2)CC1. The fourth-order valence-electron chi connectivity index (χ4n) is 3.43. The van der Waals surface area contributed by atoms with Crippen LogP contribution in [-0.2, 0) is 0 Å². The second-order valence-electron chi connectivity index (χ2n) is 6.98. The summed E-state index contributed by atoms with van der Waals surface area (Å²) >= 11 is 0. The van der Waals surface area contributed by atoms with E-state index in [1.807, 2.05) is 0 Å². The maximum absolute atomic E-state index is 5.75. The molecule has 23 heavy (non-hydrogen) atoms. The zero-order valence-electron chi connectivity index (χ0n) is 15.2. The van der Waals surface area contributed by atoms with E-state index in [1.54, 1.807) is 0 Å². The fourth-order valence-corrected chi connectivity index (χ4v) is 3.43. The third-order valence-electron chi connectivity index (χ3n) is 5.05. The first-order chi connectivity index (χ1) is 11.3. The predicted molar refractivity (Wildman–Crippen MR) is 101 cm³/mol. The van der Waals surface area contributed by atoms with Crippen LogP contribution in [0.5, 0.6) is 5.75 Å². The Labute approximate surface area is 143 Å². The van der Waals surface area contributed by atoms with Gasteiger partial charge in [0, 0.05) is 18.8 Å². The van der Waals surface area contributed by atoms with Crippen molar-refractivity contribution in [3.8, 4) is 5.75 Å². The molecule has 2 heteroatoms. The van der Waals surface area contributed by atoms with Crippen LogP contribution >= 0.6 is 0 Å². The van der Waals surface area contributed by atoms with Crippen LogP contribution in [-0.4, -0.2) is 19.7 Å². The van der Waals surface area contributed by atoms with Gasteiger partial charge in [-0.05, 0) is 49.4 Å². The summed E-state index contributed by atoms with van der Waals surface area (Å²) in [5.41, 5.74) is 1.36. The molecule has 2 rings (SSSR count). The van der Waals surface area contributed by atoms with E-state index < -0.39 is 0 Å². The first-order valence-corrected chi connectivity index (χ1v) is 9.81. The lowest BCUT2D eigenvalue weighted by atomic mass is 9.91. The third-order valence-corrected chi connectivity index (χ3v) is 5.05. The molecule has 0 aliphatic carbocycles. The van der Waals surface area contributed by atoms with Crippen molar-refractivity contribution >= 4 is 5.69 Å². The molecule has 0 aromatic heterocycles. The van der Waals surface area contributed by atoms with Crippen molar-refractivity contribution < 1.29 is 4.74 Å². The number of benzene rings is 1. The molecule has 0 saturated carbocycles. The number of anilines is 1. The monoisotopic (exact) mass is 317 g/mol. The number of unbranched alkanes of at least 4 members (excludes halogenated alkanes) is 4. The Balaban J connectivity index is 1.70. The van der Waals surface area contributed by atoms with Gasteiger partial charge in [-0.1, -0.05) is 52.4 Å². The van der Waals surface area contributed by atoms with Crippen LogP contribution in [0.2, 0.25) is 0 Å². The highest BCUT2D eigenvalue weighted by molar-refractivity contribution is 5.49. The molecule has 0 bridgehead atoms.